The second kappa shape index (κ2) is 9.75. The number of halogens is 4. The maximum Gasteiger partial charge on any atom is 0.573 e. The number of rotatable bonds is 5. The summed E-state index contributed by atoms with van der Waals surface area (Å²) < 4.78 is 53.2. The summed E-state index contributed by atoms with van der Waals surface area (Å²) in [6.45, 7) is 2.40. The fourth-order valence-corrected chi connectivity index (χ4v) is 4.02. The minimum absolute atomic E-state index is 0. The number of alkyl halides is 3. The molecule has 1 fully saturated rings. The van der Waals surface area contributed by atoms with Gasteiger partial charge in [0.2, 0.25) is 11.7 Å². The number of fused-ring (bicyclic) bond motifs is 3. The molecule has 1 aliphatic heterocycles. The van der Waals surface area contributed by atoms with Crippen molar-refractivity contribution in [1.82, 2.24) is 25.1 Å². The van der Waals surface area contributed by atoms with Crippen molar-refractivity contribution in [3.8, 4) is 17.0 Å². The molecule has 10 nitrogen and oxygen atoms in total. The van der Waals surface area contributed by atoms with Crippen LogP contribution in [0.15, 0.2) is 53.1 Å². The minimum atomic E-state index is -4.78. The third-order valence-electron chi connectivity index (χ3n) is 5.58. The molecule has 1 aromatic carbocycles. The fourth-order valence-electron chi connectivity index (χ4n) is 4.02. The molecule has 0 radical (unpaired) electrons. The lowest BCUT2D eigenvalue weighted by molar-refractivity contribution is -0.274. The van der Waals surface area contributed by atoms with E-state index in [0.717, 1.165) is 5.39 Å². The molecule has 1 saturated heterocycles. The SMILES string of the molecule is Cl.FC(F)(F)Oc1cccc(-c2cc(Nc3nc(N4CCOCC4)c4oc5ncccc5c4n3)n[nH]2)c1. The van der Waals surface area contributed by atoms with E-state index in [2.05, 4.69) is 40.1 Å². The molecular formula is C23H19ClF3N7O3. The van der Waals surface area contributed by atoms with Crippen LogP contribution in [0.25, 0.3) is 33.5 Å². The number of hydrogen-bond acceptors (Lipinski definition) is 9. The lowest BCUT2D eigenvalue weighted by Crippen LogP contribution is -2.37. The van der Waals surface area contributed by atoms with Crippen molar-refractivity contribution in [2.24, 2.45) is 0 Å². The summed E-state index contributed by atoms with van der Waals surface area (Å²) in [5.74, 6) is 0.943. The van der Waals surface area contributed by atoms with E-state index in [1.54, 1.807) is 24.4 Å². The fraction of sp³-hybridized carbons (Fsp3) is 0.217. The lowest BCUT2D eigenvalue weighted by atomic mass is 10.1. The normalized spacial score (nSPS) is 14.1. The van der Waals surface area contributed by atoms with Crippen LogP contribution in [0, 0.1) is 0 Å². The van der Waals surface area contributed by atoms with Gasteiger partial charge in [0.25, 0.3) is 0 Å². The molecule has 0 saturated carbocycles. The summed E-state index contributed by atoms with van der Waals surface area (Å²) in [6.07, 6.45) is -3.13. The van der Waals surface area contributed by atoms with Crippen LogP contribution in [0.4, 0.5) is 30.8 Å². The van der Waals surface area contributed by atoms with Gasteiger partial charge in [0.1, 0.15) is 11.3 Å². The topological polar surface area (TPSA) is 114 Å². The van der Waals surface area contributed by atoms with Crippen molar-refractivity contribution in [3.05, 3.63) is 48.7 Å². The molecule has 14 heteroatoms. The summed E-state index contributed by atoms with van der Waals surface area (Å²) >= 11 is 0. The zero-order chi connectivity index (χ0) is 24.7. The lowest BCUT2D eigenvalue weighted by Gasteiger charge is -2.27. The molecule has 1 aliphatic rings. The number of hydrogen-bond donors (Lipinski definition) is 2. The van der Waals surface area contributed by atoms with Crippen LogP contribution in [0.5, 0.6) is 5.75 Å². The molecule has 4 aromatic heterocycles. The van der Waals surface area contributed by atoms with E-state index in [0.29, 0.717) is 66.0 Å². The molecule has 0 unspecified atom stereocenters. The average Bonchev–Trinajstić information content (AvgIpc) is 3.48. The number of furan rings is 1. The first kappa shape index (κ1) is 24.6. The molecule has 37 heavy (non-hydrogen) atoms. The Kier molecular flexibility index (Phi) is 6.48. The average molecular weight is 534 g/mol. The Balaban J connectivity index is 0.00000280. The largest absolute Gasteiger partial charge is 0.573 e. The Morgan fingerprint density at radius 3 is 2.70 bits per heavy atom. The van der Waals surface area contributed by atoms with Gasteiger partial charge in [0.05, 0.1) is 24.3 Å². The maximum atomic E-state index is 12.6. The van der Waals surface area contributed by atoms with Gasteiger partial charge >= 0.3 is 6.36 Å². The number of H-pyrrole nitrogens is 1. The van der Waals surface area contributed by atoms with Gasteiger partial charge < -0.3 is 24.1 Å². The van der Waals surface area contributed by atoms with Crippen molar-refractivity contribution in [2.75, 3.05) is 36.5 Å². The highest BCUT2D eigenvalue weighted by atomic mass is 35.5. The molecule has 5 heterocycles. The molecule has 2 N–H and O–H groups in total. The first-order valence-corrected chi connectivity index (χ1v) is 11.0. The van der Waals surface area contributed by atoms with E-state index in [-0.39, 0.29) is 24.1 Å². The summed E-state index contributed by atoms with van der Waals surface area (Å²) in [5.41, 5.74) is 2.54. The third-order valence-corrected chi connectivity index (χ3v) is 5.58. The molecule has 0 amide bonds. The van der Waals surface area contributed by atoms with Crippen LogP contribution in [0.1, 0.15) is 0 Å². The number of benzene rings is 1. The Morgan fingerprint density at radius 1 is 1.05 bits per heavy atom. The summed E-state index contributed by atoms with van der Waals surface area (Å²) in [6, 6.07) is 10.9. The van der Waals surface area contributed by atoms with Crippen LogP contribution in [0.2, 0.25) is 0 Å². The van der Waals surface area contributed by atoms with Gasteiger partial charge in [-0.15, -0.1) is 25.6 Å². The standard InChI is InChI=1S/C23H18F3N7O3.ClH/c24-23(25,26)36-14-4-1-3-13(11-14)16-12-17(32-31-16)28-22-29-18-15-5-2-6-27-21(15)35-19(18)20(30-22)33-7-9-34-10-8-33;/h1-6,11-12H,7-10H2,(H2,28,29,30,31,32);1H. The van der Waals surface area contributed by atoms with Crippen molar-refractivity contribution in [2.45, 2.75) is 6.36 Å². The quantitative estimate of drug-likeness (QED) is 0.320. The van der Waals surface area contributed by atoms with Gasteiger partial charge in [-0.25, -0.2) is 9.97 Å². The van der Waals surface area contributed by atoms with Gasteiger partial charge in [-0.3, -0.25) is 5.10 Å². The van der Waals surface area contributed by atoms with E-state index in [4.69, 9.17) is 9.15 Å². The Morgan fingerprint density at radius 2 is 1.89 bits per heavy atom. The number of aromatic amines is 1. The van der Waals surface area contributed by atoms with Gasteiger partial charge in [0, 0.05) is 30.9 Å². The Labute approximate surface area is 213 Å². The summed E-state index contributed by atoms with van der Waals surface area (Å²) in [5, 5.41) is 10.9. The van der Waals surface area contributed by atoms with E-state index in [1.807, 2.05) is 6.07 Å². The number of nitrogens with zero attached hydrogens (tertiary/aromatic N) is 5. The zero-order valence-electron chi connectivity index (χ0n) is 19.0. The maximum absolute atomic E-state index is 12.6. The third kappa shape index (κ3) is 5.08. The molecule has 0 aliphatic carbocycles. The molecule has 0 atom stereocenters. The van der Waals surface area contributed by atoms with Crippen LogP contribution in [0.3, 0.4) is 0 Å². The van der Waals surface area contributed by atoms with E-state index in [9.17, 15) is 13.2 Å². The molecule has 192 valence electrons. The van der Waals surface area contributed by atoms with Gasteiger partial charge in [-0.1, -0.05) is 12.1 Å². The van der Waals surface area contributed by atoms with Crippen molar-refractivity contribution >= 4 is 52.2 Å². The highest BCUT2D eigenvalue weighted by Crippen LogP contribution is 2.34. The highest BCUT2D eigenvalue weighted by molar-refractivity contribution is 6.05. The second-order valence-electron chi connectivity index (χ2n) is 7.97. The molecule has 5 aromatic rings. The number of nitrogens with one attached hydrogen (secondary N) is 2. The number of anilines is 3. The first-order valence-electron chi connectivity index (χ1n) is 11.0. The van der Waals surface area contributed by atoms with Gasteiger partial charge in [-0.2, -0.15) is 10.1 Å². The van der Waals surface area contributed by atoms with Crippen LogP contribution < -0.4 is 15.0 Å². The van der Waals surface area contributed by atoms with Crippen LogP contribution in [-0.2, 0) is 4.74 Å². The first-order chi connectivity index (χ1) is 17.4. The molecular weight excluding hydrogens is 515 g/mol. The summed E-state index contributed by atoms with van der Waals surface area (Å²) in [4.78, 5) is 15.7. The van der Waals surface area contributed by atoms with Crippen molar-refractivity contribution in [1.29, 1.82) is 0 Å². The zero-order valence-corrected chi connectivity index (χ0v) is 19.8. The predicted octanol–water partition coefficient (Wildman–Crippen LogP) is 5.06. The summed E-state index contributed by atoms with van der Waals surface area (Å²) in [7, 11) is 0. The van der Waals surface area contributed by atoms with Crippen LogP contribution >= 0.6 is 12.4 Å². The van der Waals surface area contributed by atoms with E-state index >= 15 is 0 Å². The predicted molar refractivity (Wildman–Crippen MR) is 131 cm³/mol. The highest BCUT2D eigenvalue weighted by Gasteiger charge is 2.31. The minimum Gasteiger partial charge on any atom is -0.432 e. The molecule has 6 rings (SSSR count). The molecule has 0 bridgehead atoms. The van der Waals surface area contributed by atoms with Crippen LogP contribution in [-0.4, -0.2) is 57.8 Å². The van der Waals surface area contributed by atoms with Crippen molar-refractivity contribution < 1.29 is 27.1 Å². The van der Waals surface area contributed by atoms with Crippen molar-refractivity contribution in [3.63, 3.8) is 0 Å². The molecule has 0 spiro atoms. The number of morpholine rings is 1. The smallest absolute Gasteiger partial charge is 0.432 e. The van der Waals surface area contributed by atoms with Gasteiger partial charge in [-0.05, 0) is 24.3 Å². The Hall–Kier alpha value is -4.10. The van der Waals surface area contributed by atoms with Gasteiger partial charge in [0.15, 0.2) is 17.2 Å². The second-order valence-corrected chi connectivity index (χ2v) is 7.97. The Bertz CT molecular complexity index is 1550. The van der Waals surface area contributed by atoms with E-state index < -0.39 is 6.36 Å². The monoisotopic (exact) mass is 533 g/mol. The number of pyridine rings is 1. The number of aromatic nitrogens is 5. The number of ether oxygens (including phenoxy) is 2. The van der Waals surface area contributed by atoms with E-state index in [1.165, 1.54) is 18.2 Å².